The van der Waals surface area contributed by atoms with Crippen LogP contribution in [0.3, 0.4) is 0 Å². The van der Waals surface area contributed by atoms with Crippen LogP contribution in [0.2, 0.25) is 0 Å². The number of primary sulfonamides is 1. The summed E-state index contributed by atoms with van der Waals surface area (Å²) in [6, 6.07) is 6.03. The number of carbonyl (C=O) groups is 1. The summed E-state index contributed by atoms with van der Waals surface area (Å²) < 4.78 is 22.8. The Kier molecular flexibility index (Phi) is 3.41. The van der Waals surface area contributed by atoms with Crippen molar-refractivity contribution < 1.29 is 13.2 Å². The predicted octanol–water partition coefficient (Wildman–Crippen LogP) is 0.816. The van der Waals surface area contributed by atoms with Crippen LogP contribution in [-0.2, 0) is 10.0 Å². The number of nitrogens with zero attached hydrogens (tertiary/aromatic N) is 1. The summed E-state index contributed by atoms with van der Waals surface area (Å²) in [4.78, 5) is 13.6. The lowest BCUT2D eigenvalue weighted by Crippen LogP contribution is -2.30. The second-order valence-electron chi connectivity index (χ2n) is 4.67. The lowest BCUT2D eigenvalue weighted by atomic mass is 10.2. The maximum atomic E-state index is 12.2. The minimum absolute atomic E-state index is 0.113. The average molecular weight is 268 g/mol. The van der Waals surface area contributed by atoms with Gasteiger partial charge in [0, 0.05) is 13.6 Å². The molecule has 1 amide bonds. The van der Waals surface area contributed by atoms with Crippen molar-refractivity contribution in [1.82, 2.24) is 4.90 Å². The lowest BCUT2D eigenvalue weighted by Gasteiger charge is -2.18. The van der Waals surface area contributed by atoms with Crippen molar-refractivity contribution in [2.24, 2.45) is 11.1 Å². The highest BCUT2D eigenvalue weighted by molar-refractivity contribution is 7.89. The van der Waals surface area contributed by atoms with Crippen molar-refractivity contribution in [3.63, 3.8) is 0 Å². The minimum Gasteiger partial charge on any atom is -0.341 e. The van der Waals surface area contributed by atoms with Crippen LogP contribution < -0.4 is 5.14 Å². The van der Waals surface area contributed by atoms with E-state index in [1.807, 2.05) is 0 Å². The molecule has 6 heteroatoms. The van der Waals surface area contributed by atoms with Gasteiger partial charge in [0.05, 0.1) is 10.5 Å². The molecule has 0 bridgehead atoms. The molecule has 1 aromatic carbocycles. The van der Waals surface area contributed by atoms with Crippen LogP contribution in [0.15, 0.2) is 29.2 Å². The molecule has 5 nitrogen and oxygen atoms in total. The molecule has 18 heavy (non-hydrogen) atoms. The largest absolute Gasteiger partial charge is 0.341 e. The summed E-state index contributed by atoms with van der Waals surface area (Å²) in [5, 5.41) is 5.11. The van der Waals surface area contributed by atoms with Crippen LogP contribution in [0.25, 0.3) is 0 Å². The monoisotopic (exact) mass is 268 g/mol. The zero-order valence-electron chi connectivity index (χ0n) is 10.2. The molecule has 2 N–H and O–H groups in total. The fourth-order valence-corrected chi connectivity index (χ4v) is 2.60. The molecule has 0 spiro atoms. The lowest BCUT2D eigenvalue weighted by molar-refractivity contribution is 0.0785. The Hall–Kier alpha value is -1.40. The Morgan fingerprint density at radius 3 is 2.56 bits per heavy atom. The smallest absolute Gasteiger partial charge is 0.254 e. The summed E-state index contributed by atoms with van der Waals surface area (Å²) in [5.41, 5.74) is 0.142. The van der Waals surface area contributed by atoms with Crippen molar-refractivity contribution in [2.75, 3.05) is 13.6 Å². The Morgan fingerprint density at radius 1 is 1.39 bits per heavy atom. The SMILES string of the molecule is CN(CC1CC1)C(=O)c1ccccc1S(N)(=O)=O. The van der Waals surface area contributed by atoms with Gasteiger partial charge in [-0.3, -0.25) is 4.79 Å². The van der Waals surface area contributed by atoms with Crippen molar-refractivity contribution in [2.45, 2.75) is 17.7 Å². The summed E-state index contributed by atoms with van der Waals surface area (Å²) in [5.74, 6) is 0.257. The molecule has 0 aliphatic heterocycles. The van der Waals surface area contributed by atoms with Crippen molar-refractivity contribution in [1.29, 1.82) is 0 Å². The van der Waals surface area contributed by atoms with E-state index < -0.39 is 10.0 Å². The molecule has 0 saturated heterocycles. The van der Waals surface area contributed by atoms with E-state index in [1.165, 1.54) is 12.1 Å². The van der Waals surface area contributed by atoms with Gasteiger partial charge in [-0.15, -0.1) is 0 Å². The summed E-state index contributed by atoms with van der Waals surface area (Å²) in [7, 11) is -2.19. The third-order valence-corrected chi connectivity index (χ3v) is 3.97. The molecule has 0 unspecified atom stereocenters. The molecule has 2 rings (SSSR count). The summed E-state index contributed by atoms with van der Waals surface area (Å²) >= 11 is 0. The Balaban J connectivity index is 2.29. The molecule has 1 fully saturated rings. The number of carbonyl (C=O) groups excluding carboxylic acids is 1. The van der Waals surface area contributed by atoms with Crippen molar-refractivity contribution >= 4 is 15.9 Å². The first-order valence-electron chi connectivity index (χ1n) is 5.77. The number of hydrogen-bond acceptors (Lipinski definition) is 3. The van der Waals surface area contributed by atoms with Crippen LogP contribution in [0.4, 0.5) is 0 Å². The van der Waals surface area contributed by atoms with Gasteiger partial charge < -0.3 is 4.90 Å². The second-order valence-corrected chi connectivity index (χ2v) is 6.20. The molecule has 0 heterocycles. The standard InChI is InChI=1S/C12H16N2O3S/c1-14(8-9-6-7-9)12(15)10-4-2-3-5-11(10)18(13,16)17/h2-5,9H,6-8H2,1H3,(H2,13,16,17). The molecule has 0 radical (unpaired) electrons. The van der Waals surface area contributed by atoms with Crippen LogP contribution in [0.1, 0.15) is 23.2 Å². The van der Waals surface area contributed by atoms with E-state index >= 15 is 0 Å². The first kappa shape index (κ1) is 13.0. The molecule has 1 aliphatic carbocycles. The van der Waals surface area contributed by atoms with Gasteiger partial charge in [0.1, 0.15) is 0 Å². The zero-order valence-corrected chi connectivity index (χ0v) is 11.0. The third kappa shape index (κ3) is 2.88. The first-order chi connectivity index (χ1) is 8.39. The molecular formula is C12H16N2O3S. The van der Waals surface area contributed by atoms with Crippen molar-refractivity contribution in [3.8, 4) is 0 Å². The topological polar surface area (TPSA) is 80.5 Å². The maximum absolute atomic E-state index is 12.2. The Morgan fingerprint density at radius 2 is 2.00 bits per heavy atom. The normalized spacial score (nSPS) is 15.4. The third-order valence-electron chi connectivity index (χ3n) is 3.00. The number of amides is 1. The second kappa shape index (κ2) is 4.70. The Bertz CT molecular complexity index is 564. The van der Waals surface area contributed by atoms with Gasteiger partial charge in [0.15, 0.2) is 0 Å². The van der Waals surface area contributed by atoms with E-state index in [-0.39, 0.29) is 16.4 Å². The quantitative estimate of drug-likeness (QED) is 0.877. The number of sulfonamides is 1. The van der Waals surface area contributed by atoms with E-state index in [4.69, 9.17) is 5.14 Å². The van der Waals surface area contributed by atoms with Gasteiger partial charge in [-0.25, -0.2) is 13.6 Å². The molecule has 1 aromatic rings. The maximum Gasteiger partial charge on any atom is 0.254 e. The van der Waals surface area contributed by atoms with Crippen molar-refractivity contribution in [3.05, 3.63) is 29.8 Å². The van der Waals surface area contributed by atoms with Gasteiger partial charge in [0.25, 0.3) is 5.91 Å². The number of nitrogens with two attached hydrogens (primary N) is 1. The van der Waals surface area contributed by atoms with E-state index in [9.17, 15) is 13.2 Å². The highest BCUT2D eigenvalue weighted by Gasteiger charge is 2.27. The molecule has 0 atom stereocenters. The highest BCUT2D eigenvalue weighted by Crippen LogP contribution is 2.30. The van der Waals surface area contributed by atoms with Gasteiger partial charge in [0.2, 0.25) is 10.0 Å². The van der Waals surface area contributed by atoms with Crippen LogP contribution in [-0.4, -0.2) is 32.8 Å². The molecule has 1 aliphatic rings. The molecular weight excluding hydrogens is 252 g/mol. The summed E-state index contributed by atoms with van der Waals surface area (Å²) in [6.07, 6.45) is 2.27. The van der Waals surface area contributed by atoms with Gasteiger partial charge in [-0.05, 0) is 30.9 Å². The van der Waals surface area contributed by atoms with E-state index in [0.717, 1.165) is 12.8 Å². The van der Waals surface area contributed by atoms with Gasteiger partial charge in [-0.2, -0.15) is 0 Å². The van der Waals surface area contributed by atoms with E-state index in [2.05, 4.69) is 0 Å². The Labute approximate surface area is 107 Å². The first-order valence-corrected chi connectivity index (χ1v) is 7.31. The fourth-order valence-electron chi connectivity index (χ4n) is 1.87. The van der Waals surface area contributed by atoms with Gasteiger partial charge >= 0.3 is 0 Å². The predicted molar refractivity (Wildman–Crippen MR) is 67.5 cm³/mol. The van der Waals surface area contributed by atoms with E-state index in [0.29, 0.717) is 12.5 Å². The minimum atomic E-state index is -3.87. The molecule has 0 aromatic heterocycles. The summed E-state index contributed by atoms with van der Waals surface area (Å²) in [6.45, 7) is 0.664. The average Bonchev–Trinajstić information content (AvgIpc) is 3.11. The zero-order chi connectivity index (χ0) is 13.3. The molecule has 98 valence electrons. The van der Waals surface area contributed by atoms with Gasteiger partial charge in [-0.1, -0.05) is 12.1 Å². The number of hydrogen-bond donors (Lipinski definition) is 1. The number of benzene rings is 1. The van der Waals surface area contributed by atoms with E-state index in [1.54, 1.807) is 24.1 Å². The highest BCUT2D eigenvalue weighted by atomic mass is 32.2. The number of rotatable bonds is 4. The van der Waals surface area contributed by atoms with Crippen LogP contribution in [0.5, 0.6) is 0 Å². The fraction of sp³-hybridized carbons (Fsp3) is 0.417. The van der Waals surface area contributed by atoms with Crippen LogP contribution in [0, 0.1) is 5.92 Å². The molecule has 1 saturated carbocycles. The van der Waals surface area contributed by atoms with Crippen LogP contribution >= 0.6 is 0 Å².